The van der Waals surface area contributed by atoms with Crippen LogP contribution in [0.1, 0.15) is 105 Å². The molecular weight excluding hydrogens is 673 g/mol. The molecule has 0 aliphatic heterocycles. The Labute approximate surface area is 331 Å². The van der Waals surface area contributed by atoms with E-state index in [0.29, 0.717) is 36.0 Å². The fourth-order valence-corrected chi connectivity index (χ4v) is 4.17. The predicted octanol–water partition coefficient (Wildman–Crippen LogP) is -2.26. The number of unbranched alkanes of at least 4 members (excludes halogenated alkanes) is 8. The number of carboxylic acids is 2. The number of carbonyl (C=O) groups excluding carboxylic acids is 4. The number of halogens is 2. The van der Waals surface area contributed by atoms with E-state index in [2.05, 4.69) is 10.6 Å². The first-order valence-electron chi connectivity index (χ1n) is 15.0. The van der Waals surface area contributed by atoms with Gasteiger partial charge < -0.3 is 45.8 Å². The van der Waals surface area contributed by atoms with Crippen LogP contribution in [0.4, 0.5) is 0 Å². The summed E-state index contributed by atoms with van der Waals surface area (Å²) in [5.74, 6) is -2.93. The number of aromatic hydroxyl groups is 2. The van der Waals surface area contributed by atoms with Gasteiger partial charge in [0.1, 0.15) is 11.5 Å². The molecule has 252 valence electrons. The Morgan fingerprint density at radius 1 is 0.617 bits per heavy atom. The minimum absolute atomic E-state index is 0. The van der Waals surface area contributed by atoms with Crippen LogP contribution in [0.5, 0.6) is 11.5 Å². The van der Waals surface area contributed by atoms with Crippen molar-refractivity contribution in [3.8, 4) is 11.5 Å². The molecule has 0 unspecified atom stereocenters. The summed E-state index contributed by atoms with van der Waals surface area (Å²) in [7, 11) is 0. The average molecular weight is 718 g/mol. The van der Waals surface area contributed by atoms with Crippen LogP contribution in [0.2, 0.25) is 10.0 Å². The second-order valence-electron chi connectivity index (χ2n) is 9.93. The molecule has 0 atom stereocenters. The molecule has 2 aromatic rings. The third-order valence-corrected chi connectivity index (χ3v) is 6.56. The van der Waals surface area contributed by atoms with Crippen molar-refractivity contribution >= 4 is 47.0 Å². The summed E-state index contributed by atoms with van der Waals surface area (Å²) in [4.78, 5) is 44.1. The van der Waals surface area contributed by atoms with Crippen molar-refractivity contribution in [2.24, 2.45) is 0 Å². The maximum atomic E-state index is 11.8. The normalized spacial score (nSPS) is 9.62. The van der Waals surface area contributed by atoms with Gasteiger partial charge in [-0.2, -0.15) is 0 Å². The van der Waals surface area contributed by atoms with E-state index in [1.165, 1.54) is 36.4 Å². The van der Waals surface area contributed by atoms with Crippen molar-refractivity contribution in [3.05, 3.63) is 57.6 Å². The van der Waals surface area contributed by atoms with Crippen LogP contribution in [0.25, 0.3) is 0 Å². The minimum atomic E-state index is -1.01. The van der Waals surface area contributed by atoms with Crippen LogP contribution in [0.15, 0.2) is 36.4 Å². The molecule has 15 heteroatoms. The molecule has 2 aromatic carbocycles. The summed E-state index contributed by atoms with van der Waals surface area (Å²) in [5, 5.41) is 53.4. The first-order chi connectivity index (χ1) is 21.4. The van der Waals surface area contributed by atoms with E-state index in [1.54, 1.807) is 6.92 Å². The van der Waals surface area contributed by atoms with Gasteiger partial charge in [-0.3, -0.25) is 9.59 Å². The molecule has 0 bridgehead atoms. The number of aliphatic carboxylic acids is 2. The number of phenols is 2. The van der Waals surface area contributed by atoms with E-state index in [9.17, 15) is 39.6 Å². The molecule has 2 amide bonds. The van der Waals surface area contributed by atoms with Crippen molar-refractivity contribution in [2.45, 2.75) is 84.0 Å². The fourth-order valence-electron chi connectivity index (χ4n) is 3.82. The Hall–Kier alpha value is -1.54. The number of aliphatic hydroxyl groups excluding tert-OH is 1. The first-order valence-corrected chi connectivity index (χ1v) is 15.7. The largest absolute Gasteiger partial charge is 1.00 e. The number of benzene rings is 2. The molecule has 0 aliphatic rings. The number of carboxylic acid groups (broad SMARTS) is 2. The topological polar surface area (TPSA) is 199 Å². The van der Waals surface area contributed by atoms with Gasteiger partial charge in [0.05, 0.1) is 11.1 Å². The molecule has 5 N–H and O–H groups in total. The molecule has 0 saturated carbocycles. The van der Waals surface area contributed by atoms with Gasteiger partial charge in [-0.1, -0.05) is 61.7 Å². The molecule has 2 rings (SSSR count). The minimum Gasteiger partial charge on any atom is -0.550 e. The van der Waals surface area contributed by atoms with Gasteiger partial charge in [-0.15, -0.1) is 0 Å². The number of phenolic OH excluding ortho intramolecular Hbond substituents is 2. The molecular formula is C32H44Cl2N2Na2O9. The van der Waals surface area contributed by atoms with Crippen LogP contribution < -0.4 is 80.0 Å². The van der Waals surface area contributed by atoms with Gasteiger partial charge in [0.2, 0.25) is 0 Å². The van der Waals surface area contributed by atoms with Gasteiger partial charge in [0.15, 0.2) is 0 Å². The quantitative estimate of drug-likeness (QED) is 0.0835. The van der Waals surface area contributed by atoms with Crippen molar-refractivity contribution in [2.75, 3.05) is 19.7 Å². The average Bonchev–Trinajstić information content (AvgIpc) is 2.98. The Morgan fingerprint density at radius 3 is 1.23 bits per heavy atom. The molecule has 0 saturated heterocycles. The zero-order valence-electron chi connectivity index (χ0n) is 27.6. The van der Waals surface area contributed by atoms with E-state index in [4.69, 9.17) is 28.3 Å². The maximum absolute atomic E-state index is 11.8. The molecule has 0 heterocycles. The Morgan fingerprint density at radius 2 is 0.915 bits per heavy atom. The van der Waals surface area contributed by atoms with Crippen molar-refractivity contribution in [3.63, 3.8) is 0 Å². The van der Waals surface area contributed by atoms with Gasteiger partial charge in [0, 0.05) is 41.7 Å². The van der Waals surface area contributed by atoms with Crippen LogP contribution >= 0.6 is 23.2 Å². The number of rotatable bonds is 18. The molecule has 0 fully saturated rings. The molecule has 0 spiro atoms. The predicted molar refractivity (Wildman–Crippen MR) is 169 cm³/mol. The van der Waals surface area contributed by atoms with Gasteiger partial charge in [-0.05, 0) is 81.8 Å². The second-order valence-corrected chi connectivity index (χ2v) is 10.8. The van der Waals surface area contributed by atoms with Crippen LogP contribution in [-0.4, -0.2) is 58.8 Å². The number of aliphatic hydroxyl groups is 1. The summed E-state index contributed by atoms with van der Waals surface area (Å²) in [6.45, 7) is 2.94. The van der Waals surface area contributed by atoms with Crippen LogP contribution in [0, 0.1) is 0 Å². The molecule has 11 nitrogen and oxygen atoms in total. The zero-order valence-corrected chi connectivity index (χ0v) is 33.1. The first kappa shape index (κ1) is 49.8. The third-order valence-electron chi connectivity index (χ3n) is 6.09. The number of amides is 2. The summed E-state index contributed by atoms with van der Waals surface area (Å²) >= 11 is 11.6. The van der Waals surface area contributed by atoms with E-state index in [-0.39, 0.29) is 113 Å². The maximum Gasteiger partial charge on any atom is 1.00 e. The van der Waals surface area contributed by atoms with Gasteiger partial charge in [0.25, 0.3) is 11.8 Å². The van der Waals surface area contributed by atoms with E-state index >= 15 is 0 Å². The molecule has 0 radical (unpaired) electrons. The van der Waals surface area contributed by atoms with Crippen LogP contribution in [0.3, 0.4) is 0 Å². The summed E-state index contributed by atoms with van der Waals surface area (Å²) < 4.78 is 0. The Bertz CT molecular complexity index is 1100. The third kappa shape index (κ3) is 27.0. The van der Waals surface area contributed by atoms with E-state index in [1.807, 2.05) is 0 Å². The Kier molecular flexibility index (Phi) is 33.6. The van der Waals surface area contributed by atoms with E-state index < -0.39 is 11.9 Å². The summed E-state index contributed by atoms with van der Waals surface area (Å²) in [6.07, 6.45) is 8.43. The van der Waals surface area contributed by atoms with Crippen molar-refractivity contribution in [1.82, 2.24) is 10.6 Å². The summed E-state index contributed by atoms with van der Waals surface area (Å²) in [5.41, 5.74) is 0.327. The molecule has 0 aromatic heterocycles. The van der Waals surface area contributed by atoms with Crippen molar-refractivity contribution in [1.29, 1.82) is 0 Å². The zero-order chi connectivity index (χ0) is 34.0. The number of nitrogens with one attached hydrogen (secondary N) is 2. The van der Waals surface area contributed by atoms with Crippen molar-refractivity contribution < 1.29 is 104 Å². The monoisotopic (exact) mass is 716 g/mol. The van der Waals surface area contributed by atoms with Gasteiger partial charge in [-0.25, -0.2) is 0 Å². The van der Waals surface area contributed by atoms with Crippen LogP contribution in [-0.2, 0) is 9.59 Å². The number of hydrogen-bond donors (Lipinski definition) is 5. The fraction of sp³-hybridized carbons (Fsp3) is 0.500. The number of carbonyl (C=O) groups is 4. The molecule has 47 heavy (non-hydrogen) atoms. The van der Waals surface area contributed by atoms with Gasteiger partial charge >= 0.3 is 59.1 Å². The Balaban J connectivity index is -0.000000731. The number of hydrogen-bond acceptors (Lipinski definition) is 9. The standard InChI is InChI=1S/2C15H20ClNO4.C2H6O.2Na/c2*16-11-7-8-13(18)12(10-11)15(21)17-9-5-3-1-2-4-6-14(19)20;1-2-3;;/h2*7-8,10,18H,1-6,9H2,(H,17,21)(H,19,20);3H,2H2,1H3;;/q;;;2*+1/p-2. The summed E-state index contributed by atoms with van der Waals surface area (Å²) in [6, 6.07) is 8.64. The second kappa shape index (κ2) is 31.7. The molecule has 0 aliphatic carbocycles. The smallest absolute Gasteiger partial charge is 0.550 e. The van der Waals surface area contributed by atoms with E-state index in [0.717, 1.165) is 51.4 Å². The SMILES string of the molecule is CCO.O=C([O-])CCCCCCCNC(=O)c1cc(Cl)ccc1O.O=C([O-])CCCCCCCNC(=O)c1cc(Cl)ccc1O.[Na+].[Na+].